The van der Waals surface area contributed by atoms with Gasteiger partial charge in [0.15, 0.2) is 9.84 Å². The number of hydrogen-bond acceptors (Lipinski definition) is 7. The lowest BCUT2D eigenvalue weighted by Crippen LogP contribution is -2.66. The quantitative estimate of drug-likeness (QED) is 0.0271. The predicted molar refractivity (Wildman–Crippen MR) is 273 cm³/mol. The molecular weight excluding hydrogens is 861 g/mol. The number of methoxy groups -OCH3 is 1. The van der Waals surface area contributed by atoms with Crippen molar-refractivity contribution >= 4 is 36.6 Å². The SMILES string of the molecule is C=C1[C@H]([C@H](C#CCC/C=C(\C)CO[Si](c2ccccc2)(c2ccccc2)C(C)(C)C)OCc2ccc(OC)cc2)[C@@H](OCOCC[Si](C)(C)C)C[C@@H](C)[C@]1(C)CS(=O)(=O)c1ccccc1. The maximum Gasteiger partial charge on any atom is 0.261 e. The minimum absolute atomic E-state index is 0.0638. The second-order valence-electron chi connectivity index (χ2n) is 20.2. The van der Waals surface area contributed by atoms with Crippen LogP contribution in [0.25, 0.3) is 0 Å². The van der Waals surface area contributed by atoms with Crippen LogP contribution < -0.4 is 15.1 Å². The Bertz CT molecular complexity index is 2270. The van der Waals surface area contributed by atoms with Gasteiger partial charge in [-0.2, -0.15) is 0 Å². The first-order chi connectivity index (χ1) is 30.8. The van der Waals surface area contributed by atoms with E-state index in [4.69, 9.17) is 30.0 Å². The summed E-state index contributed by atoms with van der Waals surface area (Å²) >= 11 is 0. The lowest BCUT2D eigenvalue weighted by atomic mass is 9.60. The minimum atomic E-state index is -3.66. The molecular formula is C55H74O7SSi2. The van der Waals surface area contributed by atoms with Crippen molar-refractivity contribution < 1.29 is 31.8 Å². The summed E-state index contributed by atoms with van der Waals surface area (Å²) in [6.45, 7) is 26.4. The van der Waals surface area contributed by atoms with E-state index in [1.54, 1.807) is 31.4 Å². The largest absolute Gasteiger partial charge is 0.497 e. The Morgan fingerprint density at radius 3 is 2.05 bits per heavy atom. The van der Waals surface area contributed by atoms with Gasteiger partial charge in [-0.1, -0.05) is 175 Å². The Labute approximate surface area is 394 Å². The predicted octanol–water partition coefficient (Wildman–Crippen LogP) is 11.3. The van der Waals surface area contributed by atoms with Gasteiger partial charge in [0, 0.05) is 32.4 Å². The van der Waals surface area contributed by atoms with Gasteiger partial charge in [-0.25, -0.2) is 8.42 Å². The molecule has 10 heteroatoms. The zero-order valence-corrected chi connectivity index (χ0v) is 43.5. The van der Waals surface area contributed by atoms with Gasteiger partial charge in [0.2, 0.25) is 0 Å². The first kappa shape index (κ1) is 51.9. The third-order valence-corrected chi connectivity index (χ3v) is 21.7. The van der Waals surface area contributed by atoms with Gasteiger partial charge >= 0.3 is 0 Å². The smallest absolute Gasteiger partial charge is 0.261 e. The lowest BCUT2D eigenvalue weighted by Gasteiger charge is -2.50. The summed E-state index contributed by atoms with van der Waals surface area (Å²) in [4.78, 5) is 0.305. The first-order valence-electron chi connectivity index (χ1n) is 23.1. The van der Waals surface area contributed by atoms with Crippen LogP contribution in [-0.2, 0) is 35.1 Å². The van der Waals surface area contributed by atoms with Crippen LogP contribution in [0.4, 0.5) is 0 Å². The molecule has 0 unspecified atom stereocenters. The Hall–Kier alpha value is -4.06. The van der Waals surface area contributed by atoms with Gasteiger partial charge in [0.1, 0.15) is 18.6 Å². The number of allylic oxidation sites excluding steroid dienone is 1. The molecule has 0 saturated heterocycles. The van der Waals surface area contributed by atoms with Crippen molar-refractivity contribution in [2.45, 2.75) is 115 Å². The maximum absolute atomic E-state index is 14.1. The van der Waals surface area contributed by atoms with E-state index in [0.717, 1.165) is 34.9 Å². The molecule has 0 aromatic heterocycles. The van der Waals surface area contributed by atoms with E-state index in [-0.39, 0.29) is 29.6 Å². The number of unbranched alkanes of at least 4 members (excludes halogenated alkanes) is 1. The summed E-state index contributed by atoms with van der Waals surface area (Å²) in [6, 6.07) is 39.0. The summed E-state index contributed by atoms with van der Waals surface area (Å²) in [6.07, 6.45) is 3.17. The summed E-state index contributed by atoms with van der Waals surface area (Å²) in [7, 11) is -6.01. The van der Waals surface area contributed by atoms with E-state index in [2.05, 4.69) is 133 Å². The van der Waals surface area contributed by atoms with Crippen LogP contribution in [0.5, 0.6) is 5.75 Å². The van der Waals surface area contributed by atoms with Gasteiger partial charge < -0.3 is 23.4 Å². The van der Waals surface area contributed by atoms with Gasteiger partial charge in [0.25, 0.3) is 8.32 Å². The molecule has 350 valence electrons. The number of hydrogen-bond donors (Lipinski definition) is 0. The van der Waals surface area contributed by atoms with E-state index in [1.807, 2.05) is 37.3 Å². The van der Waals surface area contributed by atoms with E-state index in [9.17, 15) is 8.42 Å². The molecule has 0 radical (unpaired) electrons. The van der Waals surface area contributed by atoms with Crippen molar-refractivity contribution in [3.05, 3.63) is 145 Å². The van der Waals surface area contributed by atoms with Crippen LogP contribution in [0.2, 0.25) is 30.7 Å². The zero-order chi connectivity index (χ0) is 47.3. The molecule has 0 aliphatic heterocycles. The van der Waals surface area contributed by atoms with E-state index in [0.29, 0.717) is 37.6 Å². The van der Waals surface area contributed by atoms with E-state index < -0.39 is 43.7 Å². The molecule has 0 spiro atoms. The standard InChI is InChI=1S/C55H74O7SSi2/c1-43(39-62-65(54(4,5)6,49-27-19-14-20-28-49)50-29-21-15-22-30-50)24-16-12-23-31-51(60-40-46-32-34-47(58-8)35-33-46)53-45(3)55(7,41-63(56,57)48-25-17-13-18-26-48)44(2)38-52(53)61-42-59-36-37-64(9,10)11/h13-15,17-22,24-30,32-35,44,51-53H,3,12,16,36-42H2,1-2,4-11H3/b43-24+/t44-,51+,52+,53-,55+/m1/s1. The summed E-state index contributed by atoms with van der Waals surface area (Å²) < 4.78 is 60.3. The molecule has 5 atom stereocenters. The first-order valence-corrected chi connectivity index (χ1v) is 30.4. The van der Waals surface area contributed by atoms with E-state index >= 15 is 0 Å². The fourth-order valence-corrected chi connectivity index (χ4v) is 16.2. The van der Waals surface area contributed by atoms with Crippen LogP contribution in [0, 0.1) is 29.1 Å². The maximum atomic E-state index is 14.1. The summed E-state index contributed by atoms with van der Waals surface area (Å²) in [5, 5.41) is 2.39. The molecule has 1 aliphatic rings. The molecule has 1 saturated carbocycles. The average molecular weight is 935 g/mol. The Balaban J connectivity index is 1.42. The summed E-state index contributed by atoms with van der Waals surface area (Å²) in [5.74, 6) is 7.19. The molecule has 5 rings (SSSR count). The van der Waals surface area contributed by atoms with Gasteiger partial charge in [-0.3, -0.25) is 0 Å². The van der Waals surface area contributed by atoms with Crippen LogP contribution >= 0.6 is 0 Å². The molecule has 4 aromatic carbocycles. The fraction of sp³-hybridized carbons (Fsp3) is 0.455. The zero-order valence-electron chi connectivity index (χ0n) is 40.7. The third-order valence-electron chi connectivity index (χ3n) is 13.0. The molecule has 0 amide bonds. The summed E-state index contributed by atoms with van der Waals surface area (Å²) in [5.41, 5.74) is 2.10. The Morgan fingerprint density at radius 2 is 1.49 bits per heavy atom. The van der Waals surface area contributed by atoms with Crippen molar-refractivity contribution in [2.75, 3.05) is 32.9 Å². The van der Waals surface area contributed by atoms with Crippen molar-refractivity contribution in [1.29, 1.82) is 0 Å². The number of ether oxygens (including phenoxy) is 4. The van der Waals surface area contributed by atoms with E-state index in [1.165, 1.54) is 10.4 Å². The molecule has 0 heterocycles. The monoisotopic (exact) mass is 934 g/mol. The van der Waals surface area contributed by atoms with Crippen LogP contribution in [0.15, 0.2) is 144 Å². The third kappa shape index (κ3) is 13.8. The molecule has 4 aromatic rings. The average Bonchev–Trinajstić information content (AvgIpc) is 3.27. The van der Waals surface area contributed by atoms with Crippen LogP contribution in [-0.4, -0.2) is 69.9 Å². The molecule has 0 N–H and O–H groups in total. The molecule has 0 bridgehead atoms. The fourth-order valence-electron chi connectivity index (χ4n) is 8.89. The van der Waals surface area contributed by atoms with Crippen molar-refractivity contribution in [3.8, 4) is 17.6 Å². The number of sulfone groups is 1. The topological polar surface area (TPSA) is 80.3 Å². The molecule has 1 fully saturated rings. The Morgan fingerprint density at radius 1 is 0.908 bits per heavy atom. The molecule has 65 heavy (non-hydrogen) atoms. The minimum Gasteiger partial charge on any atom is -0.497 e. The second kappa shape index (κ2) is 23.1. The van der Waals surface area contributed by atoms with Crippen LogP contribution in [0.3, 0.4) is 0 Å². The number of benzene rings is 4. The normalized spacial score (nSPS) is 20.2. The highest BCUT2D eigenvalue weighted by Crippen LogP contribution is 2.51. The highest BCUT2D eigenvalue weighted by molar-refractivity contribution is 7.91. The van der Waals surface area contributed by atoms with Crippen molar-refractivity contribution in [1.82, 2.24) is 0 Å². The second-order valence-corrected chi connectivity index (χ2v) is 32.1. The van der Waals surface area contributed by atoms with Gasteiger partial charge in [-0.15, -0.1) is 5.92 Å². The van der Waals surface area contributed by atoms with Gasteiger partial charge in [0.05, 0.1) is 37.1 Å². The highest BCUT2D eigenvalue weighted by atomic mass is 32.2. The molecule has 7 nitrogen and oxygen atoms in total. The molecule has 1 aliphatic carbocycles. The number of rotatable bonds is 21. The highest BCUT2D eigenvalue weighted by Gasteiger charge is 2.52. The Kier molecular flexibility index (Phi) is 18.5. The van der Waals surface area contributed by atoms with Crippen LogP contribution in [0.1, 0.15) is 66.4 Å². The lowest BCUT2D eigenvalue weighted by molar-refractivity contribution is -0.136. The van der Waals surface area contributed by atoms with Crippen molar-refractivity contribution in [2.24, 2.45) is 17.3 Å². The van der Waals surface area contributed by atoms with Crippen molar-refractivity contribution in [3.63, 3.8) is 0 Å². The van der Waals surface area contributed by atoms with Gasteiger partial charge in [-0.05, 0) is 77.0 Å².